The predicted molar refractivity (Wildman–Crippen MR) is 81.5 cm³/mol. The second kappa shape index (κ2) is 7.78. The first-order chi connectivity index (χ1) is 10.2. The van der Waals surface area contributed by atoms with E-state index in [1.807, 2.05) is 0 Å². The number of aliphatic hydroxyl groups is 1. The highest BCUT2D eigenvalue weighted by molar-refractivity contribution is 5.86. The number of ether oxygens (including phenoxy) is 2. The van der Waals surface area contributed by atoms with Crippen LogP contribution in [0.1, 0.15) is 34.1 Å². The molecular weight excluding hydrogens is 288 g/mol. The van der Waals surface area contributed by atoms with Crippen LogP contribution in [-0.2, 0) is 14.3 Å². The van der Waals surface area contributed by atoms with E-state index in [9.17, 15) is 14.7 Å². The summed E-state index contributed by atoms with van der Waals surface area (Å²) in [5.74, 6) is -0.123. The molecule has 0 spiro atoms. The van der Waals surface area contributed by atoms with Crippen LogP contribution in [0, 0.1) is 0 Å². The third-order valence-electron chi connectivity index (χ3n) is 3.47. The third kappa shape index (κ3) is 5.46. The van der Waals surface area contributed by atoms with Crippen molar-refractivity contribution in [2.45, 2.75) is 51.9 Å². The van der Waals surface area contributed by atoms with Crippen molar-refractivity contribution in [1.82, 2.24) is 9.80 Å². The Hall–Kier alpha value is -1.34. The molecule has 2 amide bonds. The number of carbonyl (C=O) groups is 2. The molecule has 0 unspecified atom stereocenters. The quantitative estimate of drug-likeness (QED) is 0.813. The van der Waals surface area contributed by atoms with Gasteiger partial charge in [-0.05, 0) is 34.1 Å². The Bertz CT molecular complexity index is 394. The summed E-state index contributed by atoms with van der Waals surface area (Å²) in [5, 5.41) is 9.65. The van der Waals surface area contributed by atoms with Crippen molar-refractivity contribution in [3.8, 4) is 0 Å². The van der Waals surface area contributed by atoms with Crippen LogP contribution < -0.4 is 0 Å². The van der Waals surface area contributed by atoms with E-state index in [4.69, 9.17) is 9.47 Å². The van der Waals surface area contributed by atoms with Gasteiger partial charge in [0.15, 0.2) is 0 Å². The van der Waals surface area contributed by atoms with Gasteiger partial charge < -0.3 is 19.5 Å². The molecular formula is C15H28N2O5. The molecule has 7 heteroatoms. The fourth-order valence-electron chi connectivity index (χ4n) is 2.30. The van der Waals surface area contributed by atoms with Crippen molar-refractivity contribution < 1.29 is 24.2 Å². The SMILES string of the molecule is COC[C@@H](O)CCN1CCN(C(=O)OC(C)(C)C)[C@H](C)C1=O. The molecule has 1 saturated heterocycles. The van der Waals surface area contributed by atoms with E-state index in [2.05, 4.69) is 0 Å². The van der Waals surface area contributed by atoms with Crippen molar-refractivity contribution in [2.24, 2.45) is 0 Å². The van der Waals surface area contributed by atoms with E-state index in [0.717, 1.165) is 0 Å². The van der Waals surface area contributed by atoms with E-state index in [1.165, 1.54) is 12.0 Å². The summed E-state index contributed by atoms with van der Waals surface area (Å²) in [5.41, 5.74) is -0.582. The van der Waals surface area contributed by atoms with Crippen molar-refractivity contribution in [3.63, 3.8) is 0 Å². The molecule has 7 nitrogen and oxygen atoms in total. The molecule has 0 saturated carbocycles. The number of methoxy groups -OCH3 is 1. The lowest BCUT2D eigenvalue weighted by Crippen LogP contribution is -2.58. The van der Waals surface area contributed by atoms with Crippen LogP contribution in [-0.4, -0.2) is 78.0 Å². The van der Waals surface area contributed by atoms with Gasteiger partial charge in [0, 0.05) is 26.7 Å². The Labute approximate surface area is 132 Å². The molecule has 0 radical (unpaired) electrons. The zero-order valence-corrected chi connectivity index (χ0v) is 14.2. The lowest BCUT2D eigenvalue weighted by molar-refractivity contribution is -0.141. The largest absolute Gasteiger partial charge is 0.444 e. The van der Waals surface area contributed by atoms with Gasteiger partial charge in [0.25, 0.3) is 0 Å². The maximum atomic E-state index is 12.3. The highest BCUT2D eigenvalue weighted by Gasteiger charge is 2.36. The summed E-state index contributed by atoms with van der Waals surface area (Å²) in [4.78, 5) is 27.6. The second-order valence-corrected chi connectivity index (χ2v) is 6.57. The number of hydrogen-bond donors (Lipinski definition) is 1. The zero-order chi connectivity index (χ0) is 16.9. The lowest BCUT2D eigenvalue weighted by Gasteiger charge is -2.39. The topological polar surface area (TPSA) is 79.3 Å². The third-order valence-corrected chi connectivity index (χ3v) is 3.47. The standard InChI is InChI=1S/C15H28N2O5/c1-11-13(19)16(7-6-12(18)10-21-5)8-9-17(11)14(20)22-15(2,3)4/h11-12,18H,6-10H2,1-5H3/t11-,12+/m1/s1. The van der Waals surface area contributed by atoms with Crippen LogP contribution in [0.2, 0.25) is 0 Å². The molecule has 22 heavy (non-hydrogen) atoms. The van der Waals surface area contributed by atoms with Gasteiger partial charge in [-0.25, -0.2) is 4.79 Å². The number of amides is 2. The van der Waals surface area contributed by atoms with Gasteiger partial charge in [0.1, 0.15) is 11.6 Å². The summed E-state index contributed by atoms with van der Waals surface area (Å²) < 4.78 is 10.2. The zero-order valence-electron chi connectivity index (χ0n) is 14.2. The molecule has 0 aromatic carbocycles. The van der Waals surface area contributed by atoms with Crippen molar-refractivity contribution in [3.05, 3.63) is 0 Å². The fraction of sp³-hybridized carbons (Fsp3) is 0.867. The Kier molecular flexibility index (Phi) is 6.62. The molecule has 1 fully saturated rings. The normalized spacial score (nSPS) is 21.0. The molecule has 1 rings (SSSR count). The van der Waals surface area contributed by atoms with Crippen LogP contribution >= 0.6 is 0 Å². The van der Waals surface area contributed by atoms with Crippen LogP contribution in [0.3, 0.4) is 0 Å². The first-order valence-corrected chi connectivity index (χ1v) is 7.61. The molecule has 1 N–H and O–H groups in total. The van der Waals surface area contributed by atoms with Crippen LogP contribution in [0.25, 0.3) is 0 Å². The lowest BCUT2D eigenvalue weighted by atomic mass is 10.1. The maximum absolute atomic E-state index is 12.3. The number of piperazine rings is 1. The Morgan fingerprint density at radius 3 is 2.59 bits per heavy atom. The minimum absolute atomic E-state index is 0.123. The van der Waals surface area contributed by atoms with Gasteiger partial charge in [0.05, 0.1) is 12.7 Å². The van der Waals surface area contributed by atoms with Gasteiger partial charge >= 0.3 is 6.09 Å². The van der Waals surface area contributed by atoms with Crippen molar-refractivity contribution >= 4 is 12.0 Å². The first kappa shape index (κ1) is 18.7. The highest BCUT2D eigenvalue weighted by Crippen LogP contribution is 2.17. The average Bonchev–Trinajstić information content (AvgIpc) is 2.38. The molecule has 0 aromatic heterocycles. The summed E-state index contributed by atoms with van der Waals surface area (Å²) in [7, 11) is 1.52. The molecule has 0 aromatic rings. The first-order valence-electron chi connectivity index (χ1n) is 7.61. The number of rotatable bonds is 5. The molecule has 1 heterocycles. The van der Waals surface area contributed by atoms with E-state index >= 15 is 0 Å². The number of hydrogen-bond acceptors (Lipinski definition) is 5. The summed E-state index contributed by atoms with van der Waals surface area (Å²) in [6.45, 7) is 8.67. The number of aliphatic hydroxyl groups excluding tert-OH is 1. The summed E-state index contributed by atoms with van der Waals surface area (Å²) >= 11 is 0. The maximum Gasteiger partial charge on any atom is 0.411 e. The number of carbonyl (C=O) groups excluding carboxylic acids is 2. The van der Waals surface area contributed by atoms with Crippen molar-refractivity contribution in [1.29, 1.82) is 0 Å². The number of nitrogens with zero attached hydrogens (tertiary/aromatic N) is 2. The van der Waals surface area contributed by atoms with Crippen LogP contribution in [0.15, 0.2) is 0 Å². The van der Waals surface area contributed by atoms with Gasteiger partial charge in [-0.2, -0.15) is 0 Å². The summed E-state index contributed by atoms with van der Waals surface area (Å²) in [6, 6.07) is -0.553. The van der Waals surface area contributed by atoms with Crippen LogP contribution in [0.5, 0.6) is 0 Å². The van der Waals surface area contributed by atoms with Crippen LogP contribution in [0.4, 0.5) is 4.79 Å². The van der Waals surface area contributed by atoms with Gasteiger partial charge in [-0.1, -0.05) is 0 Å². The Morgan fingerprint density at radius 2 is 2.05 bits per heavy atom. The molecule has 0 bridgehead atoms. The smallest absolute Gasteiger partial charge is 0.411 e. The molecule has 1 aliphatic heterocycles. The van der Waals surface area contributed by atoms with Crippen molar-refractivity contribution in [2.75, 3.05) is 33.4 Å². The van der Waals surface area contributed by atoms with E-state index < -0.39 is 23.8 Å². The minimum atomic E-state index is -0.586. The minimum Gasteiger partial charge on any atom is -0.444 e. The van der Waals surface area contributed by atoms with Gasteiger partial charge in [-0.3, -0.25) is 9.69 Å². The molecule has 2 atom stereocenters. The average molecular weight is 316 g/mol. The monoisotopic (exact) mass is 316 g/mol. The molecule has 0 aliphatic carbocycles. The Balaban J connectivity index is 2.54. The molecule has 1 aliphatic rings. The van der Waals surface area contributed by atoms with Gasteiger partial charge in [0.2, 0.25) is 5.91 Å². The van der Waals surface area contributed by atoms with E-state index in [-0.39, 0.29) is 12.5 Å². The highest BCUT2D eigenvalue weighted by atomic mass is 16.6. The van der Waals surface area contributed by atoms with E-state index in [1.54, 1.807) is 32.6 Å². The summed E-state index contributed by atoms with van der Waals surface area (Å²) in [6.07, 6.45) is -0.594. The van der Waals surface area contributed by atoms with Gasteiger partial charge in [-0.15, -0.1) is 0 Å². The second-order valence-electron chi connectivity index (χ2n) is 6.57. The molecule has 128 valence electrons. The van der Waals surface area contributed by atoms with E-state index in [0.29, 0.717) is 26.1 Å². The fourth-order valence-corrected chi connectivity index (χ4v) is 2.30. The Morgan fingerprint density at radius 1 is 1.41 bits per heavy atom. The predicted octanol–water partition coefficient (Wildman–Crippen LogP) is 0.852.